The molecule has 1 saturated heterocycles. The minimum atomic E-state index is 0.163. The Morgan fingerprint density at radius 1 is 1.61 bits per heavy atom. The van der Waals surface area contributed by atoms with Gasteiger partial charge in [-0.3, -0.25) is 9.78 Å². The summed E-state index contributed by atoms with van der Waals surface area (Å²) in [4.78, 5) is 18.5. The van der Waals surface area contributed by atoms with Crippen molar-refractivity contribution < 1.29 is 4.79 Å². The number of aromatic nitrogens is 1. The molecule has 1 aliphatic rings. The van der Waals surface area contributed by atoms with E-state index in [9.17, 15) is 4.79 Å². The van der Waals surface area contributed by atoms with E-state index in [1.165, 1.54) is 0 Å². The Kier molecular flexibility index (Phi) is 3.97. The first-order valence-corrected chi connectivity index (χ1v) is 6.53. The number of amides is 1. The van der Waals surface area contributed by atoms with Gasteiger partial charge in [0.1, 0.15) is 0 Å². The van der Waals surface area contributed by atoms with E-state index >= 15 is 0 Å². The zero-order chi connectivity index (χ0) is 13.1. The van der Waals surface area contributed by atoms with Gasteiger partial charge in [0, 0.05) is 24.8 Å². The second-order valence-corrected chi connectivity index (χ2v) is 5.16. The quantitative estimate of drug-likeness (QED) is 0.856. The summed E-state index contributed by atoms with van der Waals surface area (Å²) in [5.41, 5.74) is 7.87. The Labute approximate surface area is 108 Å². The molecule has 1 amide bonds. The van der Waals surface area contributed by atoms with Gasteiger partial charge in [-0.1, -0.05) is 6.07 Å². The lowest BCUT2D eigenvalue weighted by Crippen LogP contribution is -2.48. The van der Waals surface area contributed by atoms with E-state index in [2.05, 4.69) is 11.9 Å². The summed E-state index contributed by atoms with van der Waals surface area (Å²) >= 11 is 0. The van der Waals surface area contributed by atoms with Crippen molar-refractivity contribution in [1.82, 2.24) is 9.88 Å². The topological polar surface area (TPSA) is 59.2 Å². The molecule has 4 heteroatoms. The lowest BCUT2D eigenvalue weighted by molar-refractivity contribution is -0.133. The van der Waals surface area contributed by atoms with E-state index in [0.717, 1.165) is 30.6 Å². The Hall–Kier alpha value is -1.42. The monoisotopic (exact) mass is 247 g/mol. The summed E-state index contributed by atoms with van der Waals surface area (Å²) < 4.78 is 0. The van der Waals surface area contributed by atoms with Crippen LogP contribution in [0.15, 0.2) is 18.3 Å². The van der Waals surface area contributed by atoms with Crippen molar-refractivity contribution in [3.8, 4) is 0 Å². The molecular formula is C14H21N3O. The predicted octanol–water partition coefficient (Wildman–Crippen LogP) is 1.27. The summed E-state index contributed by atoms with van der Waals surface area (Å²) in [6.07, 6.45) is 3.93. The van der Waals surface area contributed by atoms with Gasteiger partial charge in [-0.25, -0.2) is 0 Å². The molecule has 2 N–H and O–H groups in total. The van der Waals surface area contributed by atoms with Gasteiger partial charge in [0.25, 0.3) is 0 Å². The highest BCUT2D eigenvalue weighted by molar-refractivity contribution is 5.79. The molecule has 2 rings (SSSR count). The minimum absolute atomic E-state index is 0.163. The Balaban J connectivity index is 2.02. The third kappa shape index (κ3) is 2.88. The predicted molar refractivity (Wildman–Crippen MR) is 71.1 cm³/mol. The Bertz CT molecular complexity index is 433. The van der Waals surface area contributed by atoms with Gasteiger partial charge in [-0.2, -0.15) is 0 Å². The van der Waals surface area contributed by atoms with Crippen molar-refractivity contribution in [3.63, 3.8) is 0 Å². The van der Waals surface area contributed by atoms with Crippen molar-refractivity contribution in [2.45, 2.75) is 45.2 Å². The molecule has 0 bridgehead atoms. The number of likely N-dealkylation sites (tertiary alicyclic amines) is 1. The number of piperidine rings is 1. The summed E-state index contributed by atoms with van der Waals surface area (Å²) in [5.74, 6) is 0.163. The normalized spacial score (nSPS) is 24.1. The van der Waals surface area contributed by atoms with Crippen molar-refractivity contribution in [2.24, 2.45) is 5.73 Å². The molecule has 0 spiro atoms. The molecular weight excluding hydrogens is 226 g/mol. The van der Waals surface area contributed by atoms with E-state index in [1.807, 2.05) is 24.0 Å². The standard InChI is InChI=1S/C14H21N3O/c1-10-4-3-6-16-13(10)9-14(18)17-7-5-12(15)8-11(17)2/h3-4,6,11-12H,5,7-9,15H2,1-2H3. The van der Waals surface area contributed by atoms with Gasteiger partial charge < -0.3 is 10.6 Å². The Morgan fingerprint density at radius 2 is 2.39 bits per heavy atom. The molecule has 4 nitrogen and oxygen atoms in total. The smallest absolute Gasteiger partial charge is 0.228 e. The SMILES string of the molecule is Cc1cccnc1CC(=O)N1CCC(N)CC1C. The van der Waals surface area contributed by atoms with E-state index in [-0.39, 0.29) is 18.0 Å². The zero-order valence-corrected chi connectivity index (χ0v) is 11.1. The molecule has 2 heterocycles. The highest BCUT2D eigenvalue weighted by Gasteiger charge is 2.27. The highest BCUT2D eigenvalue weighted by atomic mass is 16.2. The van der Waals surface area contributed by atoms with Crippen LogP contribution in [0, 0.1) is 6.92 Å². The molecule has 0 saturated carbocycles. The highest BCUT2D eigenvalue weighted by Crippen LogP contribution is 2.17. The summed E-state index contributed by atoms with van der Waals surface area (Å²) in [6, 6.07) is 4.36. The number of nitrogens with two attached hydrogens (primary N) is 1. The van der Waals surface area contributed by atoms with Gasteiger partial charge in [0.2, 0.25) is 5.91 Å². The number of nitrogens with zero attached hydrogens (tertiary/aromatic N) is 2. The number of pyridine rings is 1. The van der Waals surface area contributed by atoms with E-state index in [0.29, 0.717) is 6.42 Å². The fourth-order valence-corrected chi connectivity index (χ4v) is 2.53. The average Bonchev–Trinajstić information content (AvgIpc) is 2.32. The van der Waals surface area contributed by atoms with Crippen molar-refractivity contribution in [3.05, 3.63) is 29.6 Å². The van der Waals surface area contributed by atoms with Crippen LogP contribution in [0.25, 0.3) is 0 Å². The molecule has 18 heavy (non-hydrogen) atoms. The molecule has 1 aromatic rings. The fourth-order valence-electron chi connectivity index (χ4n) is 2.53. The van der Waals surface area contributed by atoms with Crippen LogP contribution in [0.2, 0.25) is 0 Å². The van der Waals surface area contributed by atoms with Crippen LogP contribution >= 0.6 is 0 Å². The van der Waals surface area contributed by atoms with Crippen LogP contribution in [0.3, 0.4) is 0 Å². The maximum absolute atomic E-state index is 12.3. The first-order valence-electron chi connectivity index (χ1n) is 6.53. The summed E-state index contributed by atoms with van der Waals surface area (Å²) in [7, 11) is 0. The van der Waals surface area contributed by atoms with Crippen molar-refractivity contribution in [1.29, 1.82) is 0 Å². The van der Waals surface area contributed by atoms with Gasteiger partial charge in [-0.05, 0) is 38.3 Å². The van der Waals surface area contributed by atoms with Crippen molar-refractivity contribution in [2.75, 3.05) is 6.54 Å². The van der Waals surface area contributed by atoms with Gasteiger partial charge >= 0.3 is 0 Å². The minimum Gasteiger partial charge on any atom is -0.340 e. The van der Waals surface area contributed by atoms with Crippen LogP contribution in [-0.2, 0) is 11.2 Å². The van der Waals surface area contributed by atoms with E-state index in [4.69, 9.17) is 5.73 Å². The van der Waals surface area contributed by atoms with Gasteiger partial charge in [0.05, 0.1) is 12.1 Å². The lowest BCUT2D eigenvalue weighted by Gasteiger charge is -2.36. The molecule has 1 aromatic heterocycles. The summed E-state index contributed by atoms with van der Waals surface area (Å²) in [5, 5.41) is 0. The number of hydrogen-bond acceptors (Lipinski definition) is 3. The van der Waals surface area contributed by atoms with Crippen LogP contribution < -0.4 is 5.73 Å². The molecule has 0 radical (unpaired) electrons. The zero-order valence-electron chi connectivity index (χ0n) is 11.1. The molecule has 0 aliphatic carbocycles. The molecule has 2 unspecified atom stereocenters. The average molecular weight is 247 g/mol. The second-order valence-electron chi connectivity index (χ2n) is 5.16. The first kappa shape index (κ1) is 13.0. The fraction of sp³-hybridized carbons (Fsp3) is 0.571. The molecule has 0 aromatic carbocycles. The van der Waals surface area contributed by atoms with Gasteiger partial charge in [-0.15, -0.1) is 0 Å². The number of carbonyl (C=O) groups is 1. The number of hydrogen-bond donors (Lipinski definition) is 1. The van der Waals surface area contributed by atoms with Crippen LogP contribution in [0.4, 0.5) is 0 Å². The molecule has 1 fully saturated rings. The Morgan fingerprint density at radius 3 is 3.06 bits per heavy atom. The van der Waals surface area contributed by atoms with E-state index < -0.39 is 0 Å². The van der Waals surface area contributed by atoms with E-state index in [1.54, 1.807) is 6.20 Å². The summed E-state index contributed by atoms with van der Waals surface area (Å²) in [6.45, 7) is 4.83. The third-order valence-electron chi connectivity index (χ3n) is 3.67. The molecule has 1 aliphatic heterocycles. The van der Waals surface area contributed by atoms with Gasteiger partial charge in [0.15, 0.2) is 0 Å². The second kappa shape index (κ2) is 5.48. The first-order chi connectivity index (χ1) is 8.58. The molecule has 2 atom stereocenters. The van der Waals surface area contributed by atoms with Crippen LogP contribution in [-0.4, -0.2) is 34.4 Å². The third-order valence-corrected chi connectivity index (χ3v) is 3.67. The largest absolute Gasteiger partial charge is 0.340 e. The maximum Gasteiger partial charge on any atom is 0.228 e. The van der Waals surface area contributed by atoms with Crippen LogP contribution in [0.1, 0.15) is 31.0 Å². The maximum atomic E-state index is 12.3. The van der Waals surface area contributed by atoms with Crippen molar-refractivity contribution >= 4 is 5.91 Å². The number of aryl methyl sites for hydroxylation is 1. The molecule has 98 valence electrons. The van der Waals surface area contributed by atoms with Crippen LogP contribution in [0.5, 0.6) is 0 Å². The number of rotatable bonds is 2. The number of carbonyl (C=O) groups excluding carboxylic acids is 1. The lowest BCUT2D eigenvalue weighted by atomic mass is 9.98.